The smallest absolute Gasteiger partial charge is 0.363 e. The van der Waals surface area contributed by atoms with E-state index in [-0.39, 0.29) is 0 Å². The maximum Gasteiger partial charge on any atom is 0.363 e. The van der Waals surface area contributed by atoms with Crippen LogP contribution in [0.3, 0.4) is 0 Å². The van der Waals surface area contributed by atoms with Gasteiger partial charge in [0.15, 0.2) is 0 Å². The third kappa shape index (κ3) is 2.19. The predicted molar refractivity (Wildman–Crippen MR) is 49.4 cm³/mol. The predicted octanol–water partition coefficient (Wildman–Crippen LogP) is 0.723. The molecule has 1 rings (SSSR count). The Labute approximate surface area is 77.4 Å². The Morgan fingerprint density at radius 1 is 1.69 bits per heavy atom. The average molecular weight is 203 g/mol. The molecule has 2 N–H and O–H groups in total. The summed E-state index contributed by atoms with van der Waals surface area (Å²) in [6, 6.07) is 0. The van der Waals surface area contributed by atoms with Crippen LogP contribution in [0.1, 0.15) is 13.3 Å². The van der Waals surface area contributed by atoms with Crippen molar-refractivity contribution in [3.63, 3.8) is 0 Å². The lowest BCUT2D eigenvalue weighted by atomic mass is 10.4. The summed E-state index contributed by atoms with van der Waals surface area (Å²) in [7, 11) is -2.78. The SMILES string of the molecule is CC#CC(C(=O)O)[P+]1(O)CCCO1. The van der Waals surface area contributed by atoms with Crippen molar-refractivity contribution in [2.24, 2.45) is 0 Å². The van der Waals surface area contributed by atoms with E-state index in [0.717, 1.165) is 6.42 Å². The lowest BCUT2D eigenvalue weighted by Gasteiger charge is -2.14. The van der Waals surface area contributed by atoms with Crippen LogP contribution < -0.4 is 0 Å². The maximum absolute atomic E-state index is 10.8. The van der Waals surface area contributed by atoms with Crippen LogP contribution in [-0.2, 0) is 9.32 Å². The van der Waals surface area contributed by atoms with Gasteiger partial charge in [0.05, 0.1) is 6.61 Å². The second-order valence-electron chi connectivity index (χ2n) is 2.80. The van der Waals surface area contributed by atoms with Gasteiger partial charge in [0.2, 0.25) is 0 Å². The summed E-state index contributed by atoms with van der Waals surface area (Å²) in [5.74, 6) is 3.91. The zero-order valence-corrected chi connectivity index (χ0v) is 8.25. The van der Waals surface area contributed by atoms with E-state index in [1.54, 1.807) is 6.92 Å². The van der Waals surface area contributed by atoms with Crippen LogP contribution in [0.15, 0.2) is 0 Å². The van der Waals surface area contributed by atoms with E-state index in [9.17, 15) is 9.69 Å². The lowest BCUT2D eigenvalue weighted by molar-refractivity contribution is -0.135. The molecule has 0 bridgehead atoms. The van der Waals surface area contributed by atoms with Crippen LogP contribution in [0.4, 0.5) is 0 Å². The first-order valence-corrected chi connectivity index (χ1v) is 5.91. The van der Waals surface area contributed by atoms with Crippen molar-refractivity contribution in [3.8, 4) is 11.8 Å². The van der Waals surface area contributed by atoms with Gasteiger partial charge in [-0.1, -0.05) is 0 Å². The molecule has 1 aliphatic heterocycles. The average Bonchev–Trinajstić information content (AvgIpc) is 2.48. The molecule has 2 unspecified atom stereocenters. The summed E-state index contributed by atoms with van der Waals surface area (Å²) >= 11 is 0. The standard InChI is InChI=1S/C8H11O4P/c1-2-4-7(8(9)10)13(11)6-3-5-12-13/h7,11H,3,5-6H2,1H3/p+1. The molecule has 0 radical (unpaired) electrons. The molecule has 72 valence electrons. The van der Waals surface area contributed by atoms with E-state index in [2.05, 4.69) is 11.8 Å². The molecule has 4 nitrogen and oxygen atoms in total. The second-order valence-corrected chi connectivity index (χ2v) is 5.53. The minimum atomic E-state index is -2.78. The minimum Gasteiger partial charge on any atom is -0.477 e. The van der Waals surface area contributed by atoms with E-state index in [4.69, 9.17) is 9.63 Å². The van der Waals surface area contributed by atoms with Crippen molar-refractivity contribution < 1.29 is 19.3 Å². The van der Waals surface area contributed by atoms with E-state index in [1.807, 2.05) is 0 Å². The van der Waals surface area contributed by atoms with Crippen LogP contribution in [0.2, 0.25) is 0 Å². The van der Waals surface area contributed by atoms with Crippen LogP contribution >= 0.6 is 7.72 Å². The van der Waals surface area contributed by atoms with Gasteiger partial charge >= 0.3 is 5.97 Å². The van der Waals surface area contributed by atoms with Crippen molar-refractivity contribution in [3.05, 3.63) is 0 Å². The number of rotatable bonds is 2. The molecule has 1 heterocycles. The molecule has 1 fully saturated rings. The van der Waals surface area contributed by atoms with Gasteiger partial charge in [-0.2, -0.15) is 0 Å². The van der Waals surface area contributed by atoms with Gasteiger partial charge in [0.25, 0.3) is 13.4 Å². The topological polar surface area (TPSA) is 66.8 Å². The largest absolute Gasteiger partial charge is 0.477 e. The molecule has 0 amide bonds. The molecule has 5 heteroatoms. The lowest BCUT2D eigenvalue weighted by Crippen LogP contribution is -2.23. The zero-order valence-electron chi connectivity index (χ0n) is 7.36. The number of hydrogen-bond acceptors (Lipinski definition) is 3. The third-order valence-electron chi connectivity index (χ3n) is 1.86. The van der Waals surface area contributed by atoms with Crippen molar-refractivity contribution in [1.82, 2.24) is 0 Å². The first-order valence-electron chi connectivity index (χ1n) is 4.00. The Balaban J connectivity index is 2.83. The summed E-state index contributed by atoms with van der Waals surface area (Å²) in [4.78, 5) is 20.6. The van der Waals surface area contributed by atoms with Gasteiger partial charge in [-0.25, -0.2) is 14.2 Å². The quantitative estimate of drug-likeness (QED) is 0.512. The number of carbonyl (C=O) groups is 1. The third-order valence-corrected chi connectivity index (χ3v) is 4.60. The van der Waals surface area contributed by atoms with E-state index in [0.29, 0.717) is 12.8 Å². The Kier molecular flexibility index (Phi) is 3.27. The molecule has 2 atom stereocenters. The molecule has 0 saturated carbocycles. The van der Waals surface area contributed by atoms with Crippen molar-refractivity contribution in [2.75, 3.05) is 12.8 Å². The second kappa shape index (κ2) is 4.06. The van der Waals surface area contributed by atoms with Gasteiger partial charge < -0.3 is 5.11 Å². The Morgan fingerprint density at radius 2 is 2.38 bits per heavy atom. The highest BCUT2D eigenvalue weighted by Gasteiger charge is 2.54. The van der Waals surface area contributed by atoms with Gasteiger partial charge in [-0.05, 0) is 12.8 Å². The number of carboxylic acid groups (broad SMARTS) is 1. The van der Waals surface area contributed by atoms with Crippen LogP contribution in [0, 0.1) is 11.8 Å². The summed E-state index contributed by atoms with van der Waals surface area (Å²) in [5.41, 5.74) is -1.03. The fraction of sp³-hybridized carbons (Fsp3) is 0.625. The molecule has 0 aromatic heterocycles. The highest BCUT2D eigenvalue weighted by atomic mass is 31.2. The van der Waals surface area contributed by atoms with E-state index >= 15 is 0 Å². The fourth-order valence-corrected chi connectivity index (χ4v) is 3.49. The molecule has 13 heavy (non-hydrogen) atoms. The molecule has 0 aliphatic carbocycles. The Bertz CT molecular complexity index is 259. The Morgan fingerprint density at radius 3 is 2.77 bits per heavy atom. The van der Waals surface area contributed by atoms with Gasteiger partial charge in [-0.15, -0.1) is 5.92 Å². The molecule has 1 aliphatic rings. The fourth-order valence-electron chi connectivity index (χ4n) is 1.25. The van der Waals surface area contributed by atoms with Crippen molar-refractivity contribution >= 4 is 13.7 Å². The number of aliphatic carboxylic acids is 1. The maximum atomic E-state index is 10.8. The highest BCUT2D eigenvalue weighted by Crippen LogP contribution is 2.63. The highest BCUT2D eigenvalue weighted by molar-refractivity contribution is 7.67. The monoisotopic (exact) mass is 203 g/mol. The first-order chi connectivity index (χ1) is 6.10. The molecular weight excluding hydrogens is 191 g/mol. The summed E-state index contributed by atoms with van der Waals surface area (Å²) < 4.78 is 5.10. The molecule has 1 saturated heterocycles. The number of carboxylic acids is 1. The van der Waals surface area contributed by atoms with Crippen molar-refractivity contribution in [1.29, 1.82) is 0 Å². The minimum absolute atomic E-state index is 0.443. The number of hydrogen-bond donors (Lipinski definition) is 2. The van der Waals surface area contributed by atoms with Gasteiger partial charge in [0, 0.05) is 6.42 Å². The Hall–Kier alpha value is -0.620. The van der Waals surface area contributed by atoms with Crippen LogP contribution in [0.25, 0.3) is 0 Å². The van der Waals surface area contributed by atoms with E-state index in [1.165, 1.54) is 0 Å². The van der Waals surface area contributed by atoms with Crippen molar-refractivity contribution in [2.45, 2.75) is 19.0 Å². The molecule has 0 aromatic carbocycles. The zero-order chi connectivity index (χ0) is 9.90. The van der Waals surface area contributed by atoms with Gasteiger partial charge in [-0.3, -0.25) is 0 Å². The normalized spacial score (nSPS) is 29.1. The molecule has 0 aromatic rings. The van der Waals surface area contributed by atoms with E-state index < -0.39 is 19.3 Å². The molecule has 0 spiro atoms. The van der Waals surface area contributed by atoms with Crippen LogP contribution in [0.5, 0.6) is 0 Å². The van der Waals surface area contributed by atoms with Crippen LogP contribution in [-0.4, -0.2) is 34.4 Å². The summed E-state index contributed by atoms with van der Waals surface area (Å²) in [6.45, 7) is 2.00. The first kappa shape index (κ1) is 10.5. The molecular formula is C8H12O4P+. The van der Waals surface area contributed by atoms with Gasteiger partial charge in [0.1, 0.15) is 6.16 Å². The summed E-state index contributed by atoms with van der Waals surface area (Å²) in [5, 5.41) is 8.82. The summed E-state index contributed by atoms with van der Waals surface area (Å²) in [6.07, 6.45) is 1.16.